The van der Waals surface area contributed by atoms with E-state index in [4.69, 9.17) is 5.73 Å². The average molecular weight is 189 g/mol. The van der Waals surface area contributed by atoms with Crippen LogP contribution in [0.4, 0.5) is 0 Å². The van der Waals surface area contributed by atoms with Gasteiger partial charge in [-0.25, -0.2) is 0 Å². The molecule has 2 heteroatoms. The number of phenols is 1. The summed E-state index contributed by atoms with van der Waals surface area (Å²) in [6.45, 7) is 0.787. The van der Waals surface area contributed by atoms with Crippen molar-refractivity contribution in [1.82, 2.24) is 0 Å². The summed E-state index contributed by atoms with van der Waals surface area (Å²) in [5.74, 6) is 1.13. The molecule has 0 radical (unpaired) electrons. The summed E-state index contributed by atoms with van der Waals surface area (Å²) in [6, 6.07) is 5.91. The Balaban J connectivity index is 2.08. The zero-order valence-corrected chi connectivity index (χ0v) is 8.16. The van der Waals surface area contributed by atoms with Crippen LogP contribution in [0, 0.1) is 5.92 Å². The molecule has 2 nitrogen and oxygen atoms in total. The molecule has 2 aliphatic rings. The lowest BCUT2D eigenvalue weighted by atomic mass is 9.95. The van der Waals surface area contributed by atoms with E-state index in [0.717, 1.165) is 13.0 Å². The summed E-state index contributed by atoms with van der Waals surface area (Å²) in [6.07, 6.45) is 3.43. The summed E-state index contributed by atoms with van der Waals surface area (Å²) in [5.41, 5.74) is 8.61. The number of rotatable bonds is 1. The van der Waals surface area contributed by atoms with E-state index < -0.39 is 0 Å². The van der Waals surface area contributed by atoms with Gasteiger partial charge in [0.1, 0.15) is 5.75 Å². The van der Waals surface area contributed by atoms with Crippen LogP contribution in [0.25, 0.3) is 0 Å². The van der Waals surface area contributed by atoms with Crippen LogP contribution in [-0.4, -0.2) is 11.7 Å². The molecule has 1 saturated carbocycles. The molecule has 0 heterocycles. The molecular formula is C12H15NO. The summed E-state index contributed by atoms with van der Waals surface area (Å²) < 4.78 is 0. The first-order valence-electron chi connectivity index (χ1n) is 5.29. The topological polar surface area (TPSA) is 46.2 Å². The van der Waals surface area contributed by atoms with Crippen LogP contribution in [0.1, 0.15) is 24.0 Å². The number of hydrogen-bond acceptors (Lipinski definition) is 2. The van der Waals surface area contributed by atoms with Crippen LogP contribution in [0.3, 0.4) is 0 Å². The summed E-state index contributed by atoms with van der Waals surface area (Å²) in [5, 5.41) is 9.72. The molecule has 2 unspecified atom stereocenters. The van der Waals surface area contributed by atoms with Gasteiger partial charge in [-0.15, -0.1) is 0 Å². The number of hydrogen-bond donors (Lipinski definition) is 2. The fraction of sp³-hybridized carbons (Fsp3) is 0.500. The van der Waals surface area contributed by atoms with Crippen molar-refractivity contribution in [2.75, 3.05) is 6.54 Å². The van der Waals surface area contributed by atoms with Crippen LogP contribution in [0.15, 0.2) is 18.2 Å². The minimum absolute atomic E-state index is 0.350. The summed E-state index contributed by atoms with van der Waals surface area (Å²) in [7, 11) is 0. The largest absolute Gasteiger partial charge is 0.508 e. The van der Waals surface area contributed by atoms with Crippen molar-refractivity contribution in [3.05, 3.63) is 29.3 Å². The zero-order valence-electron chi connectivity index (χ0n) is 8.16. The fourth-order valence-electron chi connectivity index (χ4n) is 3.11. The van der Waals surface area contributed by atoms with Crippen molar-refractivity contribution in [2.24, 2.45) is 11.7 Å². The van der Waals surface area contributed by atoms with Gasteiger partial charge in [0.25, 0.3) is 0 Å². The second-order valence-corrected chi connectivity index (χ2v) is 4.60. The molecule has 3 rings (SSSR count). The normalized spacial score (nSPS) is 33.4. The quantitative estimate of drug-likeness (QED) is 0.704. The van der Waals surface area contributed by atoms with Gasteiger partial charge in [0.05, 0.1) is 0 Å². The predicted octanol–water partition coefficient (Wildman–Crippen LogP) is 1.55. The molecule has 14 heavy (non-hydrogen) atoms. The maximum atomic E-state index is 9.72. The lowest BCUT2D eigenvalue weighted by Crippen LogP contribution is -2.12. The molecule has 0 aromatic heterocycles. The standard InChI is InChI=1S/C12H15NO/c13-7-8-6-12(8)5-4-9-10(12)2-1-3-11(9)14/h1-3,8,14H,4-7,13H2. The van der Waals surface area contributed by atoms with Gasteiger partial charge in [0.15, 0.2) is 0 Å². The van der Waals surface area contributed by atoms with E-state index in [9.17, 15) is 5.11 Å². The molecule has 0 bridgehead atoms. The molecule has 0 aliphatic heterocycles. The predicted molar refractivity (Wildman–Crippen MR) is 55.3 cm³/mol. The monoisotopic (exact) mass is 189 g/mol. The van der Waals surface area contributed by atoms with E-state index in [0.29, 0.717) is 17.1 Å². The second kappa shape index (κ2) is 2.51. The third kappa shape index (κ3) is 0.845. The molecule has 1 spiro atoms. The first-order chi connectivity index (χ1) is 6.78. The molecule has 1 fully saturated rings. The van der Waals surface area contributed by atoms with E-state index in [1.54, 1.807) is 6.07 Å². The van der Waals surface area contributed by atoms with E-state index >= 15 is 0 Å². The summed E-state index contributed by atoms with van der Waals surface area (Å²) in [4.78, 5) is 0. The lowest BCUT2D eigenvalue weighted by Gasteiger charge is -2.10. The van der Waals surface area contributed by atoms with Crippen LogP contribution < -0.4 is 5.73 Å². The number of aromatic hydroxyl groups is 1. The Bertz CT molecular complexity index is 388. The smallest absolute Gasteiger partial charge is 0.119 e. The highest BCUT2D eigenvalue weighted by molar-refractivity contribution is 5.51. The highest BCUT2D eigenvalue weighted by atomic mass is 16.3. The van der Waals surface area contributed by atoms with Crippen LogP contribution in [-0.2, 0) is 11.8 Å². The Hall–Kier alpha value is -1.02. The zero-order chi connectivity index (χ0) is 9.76. The van der Waals surface area contributed by atoms with E-state index in [-0.39, 0.29) is 0 Å². The van der Waals surface area contributed by atoms with Crippen molar-refractivity contribution < 1.29 is 5.11 Å². The van der Waals surface area contributed by atoms with Gasteiger partial charge in [-0.2, -0.15) is 0 Å². The van der Waals surface area contributed by atoms with Gasteiger partial charge in [-0.3, -0.25) is 0 Å². The molecule has 74 valence electrons. The molecule has 1 aromatic rings. The third-order valence-corrected chi connectivity index (χ3v) is 4.03. The van der Waals surface area contributed by atoms with Crippen molar-refractivity contribution >= 4 is 0 Å². The van der Waals surface area contributed by atoms with E-state index in [1.807, 2.05) is 6.07 Å². The maximum absolute atomic E-state index is 9.72. The molecular weight excluding hydrogens is 174 g/mol. The van der Waals surface area contributed by atoms with Gasteiger partial charge < -0.3 is 10.8 Å². The molecule has 2 aliphatic carbocycles. The SMILES string of the molecule is NCC1CC12CCc1c(O)cccc12. The number of fused-ring (bicyclic) bond motifs is 2. The Morgan fingerprint density at radius 2 is 2.36 bits per heavy atom. The Kier molecular flexibility index (Phi) is 1.49. The second-order valence-electron chi connectivity index (χ2n) is 4.60. The number of phenolic OH excluding ortho intramolecular Hbond substituents is 1. The van der Waals surface area contributed by atoms with E-state index in [1.165, 1.54) is 24.0 Å². The highest BCUT2D eigenvalue weighted by Crippen LogP contribution is 2.61. The lowest BCUT2D eigenvalue weighted by molar-refractivity contribution is 0.469. The average Bonchev–Trinajstić information content (AvgIpc) is 2.77. The van der Waals surface area contributed by atoms with Crippen molar-refractivity contribution in [3.63, 3.8) is 0 Å². The van der Waals surface area contributed by atoms with Crippen molar-refractivity contribution in [1.29, 1.82) is 0 Å². The van der Waals surface area contributed by atoms with Crippen LogP contribution in [0.5, 0.6) is 5.75 Å². The number of nitrogens with two attached hydrogens (primary N) is 1. The maximum Gasteiger partial charge on any atom is 0.119 e. The highest BCUT2D eigenvalue weighted by Gasteiger charge is 2.57. The van der Waals surface area contributed by atoms with Gasteiger partial charge in [-0.05, 0) is 48.9 Å². The minimum atomic E-state index is 0.350. The van der Waals surface area contributed by atoms with Gasteiger partial charge in [0.2, 0.25) is 0 Å². The Labute approximate surface area is 83.7 Å². The molecule has 0 amide bonds. The van der Waals surface area contributed by atoms with Crippen molar-refractivity contribution in [2.45, 2.75) is 24.7 Å². The van der Waals surface area contributed by atoms with Gasteiger partial charge in [-0.1, -0.05) is 12.1 Å². The summed E-state index contributed by atoms with van der Waals surface area (Å²) >= 11 is 0. The van der Waals surface area contributed by atoms with Gasteiger partial charge in [0, 0.05) is 5.41 Å². The first kappa shape index (κ1) is 8.30. The van der Waals surface area contributed by atoms with Gasteiger partial charge >= 0.3 is 0 Å². The first-order valence-corrected chi connectivity index (χ1v) is 5.29. The Morgan fingerprint density at radius 1 is 1.50 bits per heavy atom. The van der Waals surface area contributed by atoms with Crippen LogP contribution >= 0.6 is 0 Å². The third-order valence-electron chi connectivity index (χ3n) is 4.03. The molecule has 1 aromatic carbocycles. The molecule has 3 N–H and O–H groups in total. The number of benzene rings is 1. The molecule has 0 saturated heterocycles. The fourth-order valence-corrected chi connectivity index (χ4v) is 3.11. The van der Waals surface area contributed by atoms with E-state index in [2.05, 4.69) is 6.07 Å². The van der Waals surface area contributed by atoms with Crippen molar-refractivity contribution in [3.8, 4) is 5.75 Å². The molecule has 2 atom stereocenters. The Morgan fingerprint density at radius 3 is 3.07 bits per heavy atom. The minimum Gasteiger partial charge on any atom is -0.508 e. The van der Waals surface area contributed by atoms with Crippen LogP contribution in [0.2, 0.25) is 0 Å².